The first-order valence-electron chi connectivity index (χ1n) is 13.0. The Bertz CT molecular complexity index is 846. The molecule has 4 aliphatic heterocycles. The van der Waals surface area contributed by atoms with Crippen molar-refractivity contribution in [3.05, 3.63) is 24.3 Å². The minimum absolute atomic E-state index is 0.0160. The molecule has 0 aliphatic carbocycles. The van der Waals surface area contributed by atoms with Gasteiger partial charge in [-0.15, -0.1) is 11.8 Å². The summed E-state index contributed by atoms with van der Waals surface area (Å²) >= 11 is 1.66. The molecule has 0 bridgehead atoms. The standard InChI is InChI=1S/C26H39N3O4S/c1-3-5-14-28-16-10-12-26-21(20-19(34-26)11-9-15-27(13-4-2)23(20)31)24(32)29(22(26)25(28)33)17-7-6-8-18-30/h9-12,19-22,30H,3-8,13-18H2,1-2H3/t19-,20+,21+,22?,26+/m1/s1. The normalized spacial score (nSPS) is 32.7. The molecule has 8 heteroatoms. The third-order valence-electron chi connectivity index (χ3n) is 7.66. The molecule has 0 saturated carbocycles. The van der Waals surface area contributed by atoms with Crippen LogP contribution in [0, 0.1) is 11.8 Å². The predicted molar refractivity (Wildman–Crippen MR) is 134 cm³/mol. The fraction of sp³-hybridized carbons (Fsp3) is 0.731. The van der Waals surface area contributed by atoms with E-state index in [2.05, 4.69) is 38.2 Å². The van der Waals surface area contributed by atoms with Crippen molar-refractivity contribution >= 4 is 29.5 Å². The van der Waals surface area contributed by atoms with Gasteiger partial charge in [-0.1, -0.05) is 44.6 Å². The van der Waals surface area contributed by atoms with Crippen LogP contribution in [0.25, 0.3) is 0 Å². The highest BCUT2D eigenvalue weighted by atomic mass is 32.2. The molecule has 4 aliphatic rings. The van der Waals surface area contributed by atoms with E-state index in [1.807, 2.05) is 9.80 Å². The van der Waals surface area contributed by atoms with E-state index < -0.39 is 22.6 Å². The summed E-state index contributed by atoms with van der Waals surface area (Å²) in [5.41, 5.74) is 0. The second kappa shape index (κ2) is 10.9. The van der Waals surface area contributed by atoms with Crippen LogP contribution in [0.1, 0.15) is 52.4 Å². The van der Waals surface area contributed by atoms with E-state index in [1.165, 1.54) is 0 Å². The van der Waals surface area contributed by atoms with Gasteiger partial charge in [-0.05, 0) is 32.1 Å². The quantitative estimate of drug-likeness (QED) is 0.377. The van der Waals surface area contributed by atoms with Gasteiger partial charge in [0.2, 0.25) is 17.7 Å². The van der Waals surface area contributed by atoms with Crippen LogP contribution in [0.5, 0.6) is 0 Å². The Balaban J connectivity index is 1.71. The summed E-state index contributed by atoms with van der Waals surface area (Å²) in [5.74, 6) is -0.946. The number of likely N-dealkylation sites (tertiary alicyclic amines) is 1. The van der Waals surface area contributed by atoms with Crippen molar-refractivity contribution in [2.45, 2.75) is 68.4 Å². The van der Waals surface area contributed by atoms with Gasteiger partial charge < -0.3 is 19.8 Å². The van der Waals surface area contributed by atoms with Gasteiger partial charge in [0, 0.05) is 44.6 Å². The molecule has 2 fully saturated rings. The summed E-state index contributed by atoms with van der Waals surface area (Å²) in [4.78, 5) is 47.3. The fourth-order valence-corrected chi connectivity index (χ4v) is 8.07. The number of aliphatic hydroxyl groups is 1. The van der Waals surface area contributed by atoms with Crippen molar-refractivity contribution < 1.29 is 19.5 Å². The summed E-state index contributed by atoms with van der Waals surface area (Å²) < 4.78 is -0.712. The van der Waals surface area contributed by atoms with Crippen LogP contribution in [-0.2, 0) is 14.4 Å². The Kier molecular flexibility index (Phi) is 8.08. The lowest BCUT2D eigenvalue weighted by Gasteiger charge is -2.35. The van der Waals surface area contributed by atoms with Gasteiger partial charge in [-0.2, -0.15) is 0 Å². The lowest BCUT2D eigenvalue weighted by atomic mass is 9.78. The van der Waals surface area contributed by atoms with Crippen LogP contribution < -0.4 is 0 Å². The molecule has 188 valence electrons. The Morgan fingerprint density at radius 3 is 2.41 bits per heavy atom. The molecule has 3 amide bonds. The SMILES string of the molecule is CCCCN1CC=C[C@]23S[C@@H]4C=CCN(CCC)C(=O)[C@@H]4[C@H]2C(=O)N(CCCCCO)C3C1=O. The molecule has 0 radical (unpaired) electrons. The van der Waals surface area contributed by atoms with Crippen LogP contribution >= 0.6 is 11.8 Å². The Morgan fingerprint density at radius 1 is 0.912 bits per heavy atom. The summed E-state index contributed by atoms with van der Waals surface area (Å²) in [6.45, 7) is 7.30. The van der Waals surface area contributed by atoms with Crippen molar-refractivity contribution in [1.29, 1.82) is 0 Å². The topological polar surface area (TPSA) is 81.2 Å². The first kappa shape index (κ1) is 25.3. The average molecular weight is 490 g/mol. The largest absolute Gasteiger partial charge is 0.396 e. The first-order chi connectivity index (χ1) is 16.5. The molecule has 7 nitrogen and oxygen atoms in total. The van der Waals surface area contributed by atoms with Gasteiger partial charge in [0.05, 0.1) is 16.6 Å². The number of fused-ring (bicyclic) bond motifs is 2. The number of amides is 3. The van der Waals surface area contributed by atoms with Crippen molar-refractivity contribution in [3.8, 4) is 0 Å². The maximum Gasteiger partial charge on any atom is 0.247 e. The molecule has 0 aromatic carbocycles. The minimum atomic E-state index is -0.712. The monoisotopic (exact) mass is 489 g/mol. The Morgan fingerprint density at radius 2 is 1.68 bits per heavy atom. The van der Waals surface area contributed by atoms with E-state index in [4.69, 9.17) is 0 Å². The molecule has 0 aromatic rings. The molecule has 34 heavy (non-hydrogen) atoms. The zero-order valence-corrected chi connectivity index (χ0v) is 21.3. The van der Waals surface area contributed by atoms with E-state index in [-0.39, 0.29) is 29.6 Å². The number of nitrogens with zero attached hydrogens (tertiary/aromatic N) is 3. The third-order valence-corrected chi connectivity index (χ3v) is 9.40. The predicted octanol–water partition coefficient (Wildman–Crippen LogP) is 2.45. The number of carbonyl (C=O) groups excluding carboxylic acids is 3. The van der Waals surface area contributed by atoms with Gasteiger partial charge in [-0.3, -0.25) is 14.4 Å². The summed E-state index contributed by atoms with van der Waals surface area (Å²) in [7, 11) is 0. The fourth-order valence-electron chi connectivity index (χ4n) is 6.07. The number of thioether (sulfide) groups is 1. The van der Waals surface area contributed by atoms with Gasteiger partial charge in [0.1, 0.15) is 6.04 Å². The van der Waals surface area contributed by atoms with E-state index in [1.54, 1.807) is 16.7 Å². The summed E-state index contributed by atoms with van der Waals surface area (Å²) in [6.07, 6.45) is 13.4. The Labute approximate surface area is 207 Å². The minimum Gasteiger partial charge on any atom is -0.396 e. The van der Waals surface area contributed by atoms with Gasteiger partial charge >= 0.3 is 0 Å². The van der Waals surface area contributed by atoms with Gasteiger partial charge in [-0.25, -0.2) is 0 Å². The molecule has 2 saturated heterocycles. The number of aliphatic hydroxyl groups excluding tert-OH is 1. The van der Waals surface area contributed by atoms with Crippen LogP contribution in [0.2, 0.25) is 0 Å². The Hall–Kier alpha value is -1.80. The molecule has 4 heterocycles. The number of rotatable bonds is 10. The summed E-state index contributed by atoms with van der Waals surface area (Å²) in [6, 6.07) is -0.576. The molecular formula is C26H39N3O4S. The number of hydrogen-bond acceptors (Lipinski definition) is 5. The molecule has 1 unspecified atom stereocenters. The van der Waals surface area contributed by atoms with Gasteiger partial charge in [0.15, 0.2) is 0 Å². The van der Waals surface area contributed by atoms with Crippen LogP contribution in [0.3, 0.4) is 0 Å². The number of unbranched alkanes of at least 4 members (excludes halogenated alkanes) is 3. The zero-order valence-electron chi connectivity index (χ0n) is 20.5. The molecule has 0 aromatic heterocycles. The first-order valence-corrected chi connectivity index (χ1v) is 13.9. The molecule has 5 atom stereocenters. The van der Waals surface area contributed by atoms with Crippen molar-refractivity contribution in [2.24, 2.45) is 11.8 Å². The average Bonchev–Trinajstić information content (AvgIpc) is 3.14. The lowest BCUT2D eigenvalue weighted by molar-refractivity contribution is -0.144. The highest BCUT2D eigenvalue weighted by molar-refractivity contribution is 8.02. The molecule has 1 spiro atoms. The number of hydrogen-bond donors (Lipinski definition) is 1. The second-order valence-corrected chi connectivity index (χ2v) is 11.4. The lowest BCUT2D eigenvalue weighted by Crippen LogP contribution is -2.53. The van der Waals surface area contributed by atoms with E-state index in [9.17, 15) is 19.5 Å². The summed E-state index contributed by atoms with van der Waals surface area (Å²) in [5, 5.41) is 9.08. The molecular weight excluding hydrogens is 450 g/mol. The van der Waals surface area contributed by atoms with Crippen molar-refractivity contribution in [3.63, 3.8) is 0 Å². The van der Waals surface area contributed by atoms with Crippen LogP contribution in [-0.4, -0.2) is 92.9 Å². The number of carbonyl (C=O) groups is 3. The van der Waals surface area contributed by atoms with Crippen molar-refractivity contribution in [1.82, 2.24) is 14.7 Å². The van der Waals surface area contributed by atoms with E-state index in [0.29, 0.717) is 39.1 Å². The smallest absolute Gasteiger partial charge is 0.247 e. The molecule has 4 rings (SSSR count). The van der Waals surface area contributed by atoms with Gasteiger partial charge in [0.25, 0.3) is 0 Å². The van der Waals surface area contributed by atoms with Crippen molar-refractivity contribution in [2.75, 3.05) is 39.3 Å². The van der Waals surface area contributed by atoms with E-state index in [0.717, 1.165) is 32.1 Å². The maximum absolute atomic E-state index is 14.0. The van der Waals surface area contributed by atoms with Crippen LogP contribution in [0.15, 0.2) is 24.3 Å². The molecule has 1 N–H and O–H groups in total. The zero-order chi connectivity index (χ0) is 24.3. The third kappa shape index (κ3) is 4.32. The highest BCUT2D eigenvalue weighted by Crippen LogP contribution is 2.61. The highest BCUT2D eigenvalue weighted by Gasteiger charge is 2.70. The maximum atomic E-state index is 14.0. The van der Waals surface area contributed by atoms with E-state index >= 15 is 0 Å². The second-order valence-electron chi connectivity index (χ2n) is 9.91. The van der Waals surface area contributed by atoms with Crippen LogP contribution in [0.4, 0.5) is 0 Å².